The molecule has 112 valence electrons. The van der Waals surface area contributed by atoms with E-state index >= 15 is 0 Å². The van der Waals surface area contributed by atoms with E-state index in [1.54, 1.807) is 0 Å². The van der Waals surface area contributed by atoms with Crippen LogP contribution >= 0.6 is 0 Å². The zero-order chi connectivity index (χ0) is 15.3. The number of carbonyl (C=O) groups is 1. The lowest BCUT2D eigenvalue weighted by Crippen LogP contribution is -2.39. The van der Waals surface area contributed by atoms with Gasteiger partial charge >= 0.3 is 6.18 Å². The Hall–Kier alpha value is -1.92. The van der Waals surface area contributed by atoms with E-state index in [9.17, 15) is 23.1 Å². The van der Waals surface area contributed by atoms with Gasteiger partial charge < -0.3 is 15.7 Å². The summed E-state index contributed by atoms with van der Waals surface area (Å²) in [6, 6.07) is 4.03. The van der Waals surface area contributed by atoms with Gasteiger partial charge in [0.1, 0.15) is 6.54 Å². The van der Waals surface area contributed by atoms with Crippen molar-refractivity contribution >= 4 is 11.6 Å². The number of nitrogen functional groups attached to an aromatic ring is 1. The maximum Gasteiger partial charge on any atom is 0.406 e. The summed E-state index contributed by atoms with van der Waals surface area (Å²) < 4.78 is 37.5. The Balaban J connectivity index is 3.00. The Morgan fingerprint density at radius 3 is 2.60 bits per heavy atom. The third-order valence-corrected chi connectivity index (χ3v) is 2.74. The van der Waals surface area contributed by atoms with Gasteiger partial charge in [-0.15, -0.1) is 0 Å². The minimum absolute atomic E-state index is 0.0247. The minimum atomic E-state index is -4.49. The topological polar surface area (TPSA) is 66.6 Å². The Labute approximate surface area is 115 Å². The average molecular weight is 290 g/mol. The second-order valence-electron chi connectivity index (χ2n) is 4.44. The number of amides is 1. The molecule has 7 heteroatoms. The number of anilines is 1. The smallest absolute Gasteiger partial charge is 0.406 e. The number of hydrogen-bond acceptors (Lipinski definition) is 3. The van der Waals surface area contributed by atoms with Crippen LogP contribution in [0.25, 0.3) is 0 Å². The zero-order valence-electron chi connectivity index (χ0n) is 11.1. The lowest BCUT2D eigenvalue weighted by Gasteiger charge is -2.24. The molecule has 0 bridgehead atoms. The molecule has 0 unspecified atom stereocenters. The monoisotopic (exact) mass is 290 g/mol. The fourth-order valence-corrected chi connectivity index (χ4v) is 1.72. The standard InChI is InChI=1S/C13H17F3N2O2/c1-2-3-7-18(8-13(14,15)16)12(20)9-5-4-6-10(17)11(9)19/h4-6,19H,2-3,7-8,17H2,1H3. The molecule has 0 fully saturated rings. The Bertz CT molecular complexity index is 475. The second-order valence-corrected chi connectivity index (χ2v) is 4.44. The largest absolute Gasteiger partial charge is 0.505 e. The van der Waals surface area contributed by atoms with Crippen molar-refractivity contribution in [2.24, 2.45) is 0 Å². The molecule has 4 nitrogen and oxygen atoms in total. The van der Waals surface area contributed by atoms with Gasteiger partial charge in [-0.1, -0.05) is 19.4 Å². The number of rotatable bonds is 5. The molecule has 0 heterocycles. The highest BCUT2D eigenvalue weighted by atomic mass is 19.4. The number of alkyl halides is 3. The van der Waals surface area contributed by atoms with Crippen molar-refractivity contribution in [1.29, 1.82) is 0 Å². The number of unbranched alkanes of at least 4 members (excludes halogenated alkanes) is 1. The van der Waals surface area contributed by atoms with Gasteiger partial charge in [-0.05, 0) is 18.6 Å². The van der Waals surface area contributed by atoms with Gasteiger partial charge in [-0.25, -0.2) is 0 Å². The molecule has 0 aromatic heterocycles. The van der Waals surface area contributed by atoms with Crippen molar-refractivity contribution in [3.05, 3.63) is 23.8 Å². The summed E-state index contributed by atoms with van der Waals surface area (Å²) in [6.07, 6.45) is -3.38. The van der Waals surface area contributed by atoms with Gasteiger partial charge in [0, 0.05) is 6.54 Å². The van der Waals surface area contributed by atoms with Crippen molar-refractivity contribution in [2.75, 3.05) is 18.8 Å². The average Bonchev–Trinajstić information content (AvgIpc) is 2.35. The lowest BCUT2D eigenvalue weighted by molar-refractivity contribution is -0.140. The van der Waals surface area contributed by atoms with Crippen LogP contribution in [0.15, 0.2) is 18.2 Å². The van der Waals surface area contributed by atoms with Crippen LogP contribution in [0.5, 0.6) is 5.75 Å². The van der Waals surface area contributed by atoms with Crippen LogP contribution in [0.3, 0.4) is 0 Å². The van der Waals surface area contributed by atoms with Crippen LogP contribution in [0.4, 0.5) is 18.9 Å². The first-order valence-electron chi connectivity index (χ1n) is 6.19. The first-order chi connectivity index (χ1) is 9.26. The van der Waals surface area contributed by atoms with E-state index < -0.39 is 24.4 Å². The highest BCUT2D eigenvalue weighted by Gasteiger charge is 2.33. The number of benzene rings is 1. The van der Waals surface area contributed by atoms with E-state index in [1.165, 1.54) is 18.2 Å². The molecule has 1 aromatic rings. The van der Waals surface area contributed by atoms with Gasteiger partial charge in [0.15, 0.2) is 5.75 Å². The molecule has 0 spiro atoms. The van der Waals surface area contributed by atoms with Crippen molar-refractivity contribution in [2.45, 2.75) is 25.9 Å². The third kappa shape index (κ3) is 4.32. The van der Waals surface area contributed by atoms with Crippen LogP contribution in [-0.2, 0) is 0 Å². The van der Waals surface area contributed by atoms with Gasteiger partial charge in [-0.2, -0.15) is 13.2 Å². The third-order valence-electron chi connectivity index (χ3n) is 2.74. The fraction of sp³-hybridized carbons (Fsp3) is 0.462. The number of carbonyl (C=O) groups excluding carboxylic acids is 1. The van der Waals surface area contributed by atoms with Gasteiger partial charge in [0.05, 0.1) is 11.3 Å². The van der Waals surface area contributed by atoms with E-state index in [-0.39, 0.29) is 17.8 Å². The summed E-state index contributed by atoms with van der Waals surface area (Å²) in [4.78, 5) is 12.8. The van der Waals surface area contributed by atoms with E-state index in [2.05, 4.69) is 0 Å². The summed E-state index contributed by atoms with van der Waals surface area (Å²) in [5.74, 6) is -1.36. The summed E-state index contributed by atoms with van der Waals surface area (Å²) in [7, 11) is 0. The number of nitrogens with zero attached hydrogens (tertiary/aromatic N) is 1. The van der Waals surface area contributed by atoms with Crippen LogP contribution in [0.1, 0.15) is 30.1 Å². The highest BCUT2D eigenvalue weighted by molar-refractivity contribution is 5.98. The normalized spacial score (nSPS) is 11.4. The van der Waals surface area contributed by atoms with Gasteiger partial charge in [0.25, 0.3) is 5.91 Å². The van der Waals surface area contributed by atoms with Crippen LogP contribution in [0, 0.1) is 0 Å². The summed E-state index contributed by atoms with van der Waals surface area (Å²) in [5, 5.41) is 9.69. The molecule has 20 heavy (non-hydrogen) atoms. The van der Waals surface area contributed by atoms with E-state index in [0.29, 0.717) is 17.7 Å². The van der Waals surface area contributed by atoms with Crippen molar-refractivity contribution < 1.29 is 23.1 Å². The number of aromatic hydroxyl groups is 1. The lowest BCUT2D eigenvalue weighted by atomic mass is 10.1. The van der Waals surface area contributed by atoms with Crippen LogP contribution in [0.2, 0.25) is 0 Å². The Morgan fingerprint density at radius 1 is 1.40 bits per heavy atom. The molecule has 0 atom stereocenters. The quantitative estimate of drug-likeness (QED) is 0.647. The van der Waals surface area contributed by atoms with E-state index in [1.807, 2.05) is 6.92 Å². The van der Waals surface area contributed by atoms with Crippen molar-refractivity contribution in [1.82, 2.24) is 4.90 Å². The van der Waals surface area contributed by atoms with E-state index in [4.69, 9.17) is 5.73 Å². The number of nitrogens with two attached hydrogens (primary N) is 1. The Morgan fingerprint density at radius 2 is 2.05 bits per heavy atom. The molecule has 0 aliphatic carbocycles. The first-order valence-corrected chi connectivity index (χ1v) is 6.19. The maximum absolute atomic E-state index is 12.5. The summed E-state index contributed by atoms with van der Waals surface area (Å²) in [5.41, 5.74) is 5.18. The highest BCUT2D eigenvalue weighted by Crippen LogP contribution is 2.27. The summed E-state index contributed by atoms with van der Waals surface area (Å²) >= 11 is 0. The fourth-order valence-electron chi connectivity index (χ4n) is 1.72. The van der Waals surface area contributed by atoms with Crippen molar-refractivity contribution in [3.63, 3.8) is 0 Å². The Kier molecular flexibility index (Phi) is 5.24. The number of hydrogen-bond donors (Lipinski definition) is 2. The van der Waals surface area contributed by atoms with Gasteiger partial charge in [-0.3, -0.25) is 4.79 Å². The SMILES string of the molecule is CCCCN(CC(F)(F)F)C(=O)c1cccc(N)c1O. The number of halogens is 3. The minimum Gasteiger partial charge on any atom is -0.505 e. The number of para-hydroxylation sites is 1. The molecule has 1 rings (SSSR count). The molecule has 0 aliphatic heterocycles. The molecule has 0 saturated carbocycles. The maximum atomic E-state index is 12.5. The predicted molar refractivity (Wildman–Crippen MR) is 69.4 cm³/mol. The zero-order valence-corrected chi connectivity index (χ0v) is 11.1. The molecule has 0 radical (unpaired) electrons. The van der Waals surface area contributed by atoms with Crippen LogP contribution < -0.4 is 5.73 Å². The van der Waals surface area contributed by atoms with Crippen molar-refractivity contribution in [3.8, 4) is 5.75 Å². The predicted octanol–water partition coefficient (Wildman–Crippen LogP) is 2.78. The first kappa shape index (κ1) is 16.1. The van der Waals surface area contributed by atoms with Crippen LogP contribution in [-0.4, -0.2) is 35.2 Å². The van der Waals surface area contributed by atoms with E-state index in [0.717, 1.165) is 0 Å². The van der Waals surface area contributed by atoms with Gasteiger partial charge in [0.2, 0.25) is 0 Å². The molecular formula is C13H17F3N2O2. The molecule has 0 saturated heterocycles. The molecular weight excluding hydrogens is 273 g/mol. The summed E-state index contributed by atoms with van der Waals surface area (Å²) in [6.45, 7) is 0.442. The molecule has 3 N–H and O–H groups in total. The second kappa shape index (κ2) is 6.49. The molecule has 1 amide bonds. The number of phenolic OH excluding ortho intramolecular Hbond substituents is 1. The number of phenols is 1. The molecule has 1 aromatic carbocycles. The molecule has 0 aliphatic rings.